The first kappa shape index (κ1) is 33.8. The molecule has 2 N–H and O–H groups in total. The summed E-state index contributed by atoms with van der Waals surface area (Å²) in [7, 11) is 0. The van der Waals surface area contributed by atoms with E-state index in [0.29, 0.717) is 0 Å². The molecule has 0 heterocycles. The zero-order chi connectivity index (χ0) is 18.9. The first-order valence-corrected chi connectivity index (χ1v) is 7.06. The number of carbonyl (C=O) groups is 4. The molecule has 0 saturated carbocycles. The Balaban J connectivity index is -0.0000000639. The molecule has 6 nitrogen and oxygen atoms in total. The molecule has 0 aromatic carbocycles. The van der Waals surface area contributed by atoms with E-state index in [2.05, 4.69) is 0 Å². The second-order valence-corrected chi connectivity index (χ2v) is 5.35. The van der Waals surface area contributed by atoms with Crippen LogP contribution in [0.15, 0.2) is 0 Å². The van der Waals surface area contributed by atoms with Crippen molar-refractivity contribution >= 4 is 23.1 Å². The third kappa shape index (κ3) is 149. The Morgan fingerprint density at radius 1 is 0.609 bits per heavy atom. The van der Waals surface area contributed by atoms with Crippen molar-refractivity contribution in [3.05, 3.63) is 0 Å². The topological polar surface area (TPSA) is 109 Å². The first-order valence-electron chi connectivity index (χ1n) is 7.06. The van der Waals surface area contributed by atoms with Crippen LogP contribution in [0, 0.1) is 0 Å². The number of carbonyl (C=O) groups excluding carboxylic acids is 4. The predicted molar refractivity (Wildman–Crippen MR) is 86.7 cm³/mol. The quantitative estimate of drug-likeness (QED) is 0.579. The minimum Gasteiger partial charge on any atom is -0.394 e. The van der Waals surface area contributed by atoms with Crippen molar-refractivity contribution in [2.75, 3.05) is 0 Å². The fourth-order valence-electron chi connectivity index (χ4n) is 0.701. The maximum Gasteiger partial charge on any atom is 4.00 e. The van der Waals surface area contributed by atoms with E-state index < -0.39 is 0 Å². The van der Waals surface area contributed by atoms with Crippen molar-refractivity contribution < 1.29 is 51.1 Å². The van der Waals surface area contributed by atoms with Crippen molar-refractivity contribution in [1.29, 1.82) is 0 Å². The fourth-order valence-corrected chi connectivity index (χ4v) is 0.701. The van der Waals surface area contributed by atoms with E-state index in [1.165, 1.54) is 27.7 Å². The summed E-state index contributed by atoms with van der Waals surface area (Å²) in [4.78, 5) is 40.1. The number of aliphatic hydroxyl groups is 2. The molecular formula is C16H32O6Ti+4. The molecule has 0 fully saturated rings. The van der Waals surface area contributed by atoms with Crippen molar-refractivity contribution in [2.45, 2.75) is 80.4 Å². The van der Waals surface area contributed by atoms with Crippen LogP contribution in [0.5, 0.6) is 0 Å². The monoisotopic (exact) mass is 368 g/mol. The summed E-state index contributed by atoms with van der Waals surface area (Å²) in [6.07, 6.45) is -0.167. The molecule has 0 aromatic heterocycles. The van der Waals surface area contributed by atoms with Crippen molar-refractivity contribution in [2.24, 2.45) is 0 Å². The van der Waals surface area contributed by atoms with Crippen LogP contribution in [0.25, 0.3) is 0 Å². The van der Waals surface area contributed by atoms with E-state index in [1.54, 1.807) is 27.7 Å². The maximum atomic E-state index is 10.0. The molecule has 0 atom stereocenters. The van der Waals surface area contributed by atoms with E-state index in [9.17, 15) is 19.2 Å². The summed E-state index contributed by atoms with van der Waals surface area (Å²) in [6, 6.07) is 0. The number of hydrogen-bond donors (Lipinski definition) is 2. The third-order valence-electron chi connectivity index (χ3n) is 0.996. The Morgan fingerprint density at radius 3 is 0.696 bits per heavy atom. The van der Waals surface area contributed by atoms with E-state index in [4.69, 9.17) is 10.2 Å². The second-order valence-electron chi connectivity index (χ2n) is 5.35. The molecule has 0 radical (unpaired) electrons. The average Bonchev–Trinajstić information content (AvgIpc) is 2.10. The smallest absolute Gasteiger partial charge is 0.394 e. The normalized spacial score (nSPS) is 8.17. The SMILES string of the molecule is CC(=O)CC(C)=O.CC(=O)CC(C)=O.CC(C)O.CC(C)O.[Ti+4]. The van der Waals surface area contributed by atoms with Gasteiger partial charge in [0.15, 0.2) is 0 Å². The number of ketones is 4. The average molecular weight is 368 g/mol. The summed E-state index contributed by atoms with van der Waals surface area (Å²) in [5, 5.41) is 16.1. The Morgan fingerprint density at radius 2 is 0.696 bits per heavy atom. The number of rotatable bonds is 4. The van der Waals surface area contributed by atoms with E-state index in [-0.39, 0.29) is 69.9 Å². The molecule has 0 rings (SSSR count). The van der Waals surface area contributed by atoms with E-state index in [1.807, 2.05) is 0 Å². The summed E-state index contributed by atoms with van der Waals surface area (Å²) >= 11 is 0. The molecule has 0 bridgehead atoms. The van der Waals surface area contributed by atoms with Gasteiger partial charge in [-0.1, -0.05) is 0 Å². The number of aliphatic hydroxyl groups excluding tert-OH is 2. The molecule has 0 aromatic rings. The zero-order valence-electron chi connectivity index (χ0n) is 15.6. The van der Waals surface area contributed by atoms with Gasteiger partial charge in [0.1, 0.15) is 23.1 Å². The van der Waals surface area contributed by atoms with E-state index in [0.717, 1.165) is 0 Å². The molecule has 0 saturated heterocycles. The molecule has 0 aliphatic rings. The van der Waals surface area contributed by atoms with Crippen LogP contribution >= 0.6 is 0 Å². The minimum atomic E-state index is -0.167. The summed E-state index contributed by atoms with van der Waals surface area (Å²) in [5.41, 5.74) is 0. The van der Waals surface area contributed by atoms with Crippen molar-refractivity contribution in [3.63, 3.8) is 0 Å². The molecule has 23 heavy (non-hydrogen) atoms. The van der Waals surface area contributed by atoms with Gasteiger partial charge in [-0.15, -0.1) is 0 Å². The molecule has 0 amide bonds. The Hall–Kier alpha value is -0.686. The second kappa shape index (κ2) is 23.6. The van der Waals surface area contributed by atoms with Gasteiger partial charge in [0, 0.05) is 12.2 Å². The van der Waals surface area contributed by atoms with Gasteiger partial charge in [-0.05, 0) is 55.4 Å². The van der Waals surface area contributed by atoms with Crippen LogP contribution in [0.1, 0.15) is 68.2 Å². The summed E-state index contributed by atoms with van der Waals surface area (Å²) in [6.45, 7) is 12.5. The van der Waals surface area contributed by atoms with Crippen LogP contribution in [-0.4, -0.2) is 45.6 Å². The van der Waals surface area contributed by atoms with Crippen LogP contribution in [-0.2, 0) is 40.9 Å². The fraction of sp³-hybridized carbons (Fsp3) is 0.750. The van der Waals surface area contributed by atoms with Gasteiger partial charge < -0.3 is 10.2 Å². The molecule has 0 aliphatic carbocycles. The molecule has 0 spiro atoms. The van der Waals surface area contributed by atoms with Gasteiger partial charge in [0.25, 0.3) is 0 Å². The first-order chi connectivity index (χ1) is 9.72. The number of Topliss-reactive ketones (excluding diaryl/α,β-unsaturated/α-hetero) is 4. The Bertz CT molecular complexity index is 263. The third-order valence-corrected chi connectivity index (χ3v) is 0.996. The molecule has 0 aliphatic heterocycles. The van der Waals surface area contributed by atoms with Gasteiger partial charge in [-0.25, -0.2) is 0 Å². The van der Waals surface area contributed by atoms with Gasteiger partial charge in [0.2, 0.25) is 0 Å². The number of hydrogen-bond acceptors (Lipinski definition) is 6. The van der Waals surface area contributed by atoms with E-state index >= 15 is 0 Å². The van der Waals surface area contributed by atoms with Crippen LogP contribution in [0.2, 0.25) is 0 Å². The zero-order valence-corrected chi connectivity index (χ0v) is 17.2. The van der Waals surface area contributed by atoms with Gasteiger partial charge in [-0.3, -0.25) is 19.2 Å². The maximum absolute atomic E-state index is 10.0. The molecule has 0 unspecified atom stereocenters. The van der Waals surface area contributed by atoms with Gasteiger partial charge >= 0.3 is 21.7 Å². The molecular weight excluding hydrogens is 336 g/mol. The van der Waals surface area contributed by atoms with Crippen molar-refractivity contribution in [1.82, 2.24) is 0 Å². The Labute approximate surface area is 154 Å². The predicted octanol–water partition coefficient (Wildman–Crippen LogP) is 1.88. The largest absolute Gasteiger partial charge is 4.00 e. The van der Waals surface area contributed by atoms with Crippen molar-refractivity contribution in [3.8, 4) is 0 Å². The summed E-state index contributed by atoms with van der Waals surface area (Å²) in [5.74, 6) is -0.250. The van der Waals surface area contributed by atoms with Gasteiger partial charge in [0.05, 0.1) is 12.8 Å². The van der Waals surface area contributed by atoms with Crippen LogP contribution in [0.3, 0.4) is 0 Å². The Kier molecular flexibility index (Phi) is 34.7. The van der Waals surface area contributed by atoms with Crippen LogP contribution in [0.4, 0.5) is 0 Å². The van der Waals surface area contributed by atoms with Gasteiger partial charge in [-0.2, -0.15) is 0 Å². The summed E-state index contributed by atoms with van der Waals surface area (Å²) < 4.78 is 0. The minimum absolute atomic E-state index is 0. The molecule has 132 valence electrons. The standard InChI is InChI=1S/2C5H8O2.2C3H8O.Ti/c2*1-4(6)3-5(2)7;2*1-3(2)4;/h2*3H2,1-2H3;2*3-4H,1-2H3;/q;;;;+4. The van der Waals surface area contributed by atoms with Crippen LogP contribution < -0.4 is 0 Å². The molecule has 7 heteroatoms.